The molecule has 1 aliphatic rings. The standard InChI is InChI=1S/C10H17F3N2OS/c1-9(2)7-15(3-4-17-9)8(16)5-14-6-10(11,12)13/h14H,3-7H2,1-2H3. The van der Waals surface area contributed by atoms with E-state index in [1.54, 1.807) is 16.7 Å². The first kappa shape index (κ1) is 14.6. The Balaban J connectivity index is 2.33. The van der Waals surface area contributed by atoms with Gasteiger partial charge in [-0.15, -0.1) is 0 Å². The van der Waals surface area contributed by atoms with Gasteiger partial charge in [-0.1, -0.05) is 0 Å². The average molecular weight is 270 g/mol. The van der Waals surface area contributed by atoms with E-state index < -0.39 is 12.7 Å². The van der Waals surface area contributed by atoms with Gasteiger partial charge in [0.15, 0.2) is 0 Å². The number of carbonyl (C=O) groups excluding carboxylic acids is 1. The quantitative estimate of drug-likeness (QED) is 0.843. The van der Waals surface area contributed by atoms with Crippen LogP contribution in [0.1, 0.15) is 13.8 Å². The van der Waals surface area contributed by atoms with E-state index >= 15 is 0 Å². The van der Waals surface area contributed by atoms with Crippen molar-refractivity contribution in [1.82, 2.24) is 10.2 Å². The predicted octanol–water partition coefficient (Wildman–Crippen LogP) is 1.49. The van der Waals surface area contributed by atoms with Crippen molar-refractivity contribution in [2.45, 2.75) is 24.8 Å². The van der Waals surface area contributed by atoms with Crippen molar-refractivity contribution in [3.8, 4) is 0 Å². The zero-order valence-electron chi connectivity index (χ0n) is 9.93. The number of amides is 1. The molecule has 0 spiro atoms. The third-order valence-electron chi connectivity index (χ3n) is 2.38. The third kappa shape index (κ3) is 5.63. The first-order chi connectivity index (χ1) is 7.70. The van der Waals surface area contributed by atoms with E-state index in [2.05, 4.69) is 5.32 Å². The maximum atomic E-state index is 11.9. The summed E-state index contributed by atoms with van der Waals surface area (Å²) in [7, 11) is 0. The second-order valence-corrected chi connectivity index (χ2v) is 6.44. The molecule has 0 saturated carbocycles. The van der Waals surface area contributed by atoms with Crippen molar-refractivity contribution < 1.29 is 18.0 Å². The minimum absolute atomic E-state index is 0.0159. The van der Waals surface area contributed by atoms with Gasteiger partial charge in [-0.25, -0.2) is 0 Å². The number of hydrogen-bond donors (Lipinski definition) is 1. The fourth-order valence-corrected chi connectivity index (χ4v) is 2.76. The second-order valence-electron chi connectivity index (χ2n) is 4.64. The molecule has 1 rings (SSSR count). The lowest BCUT2D eigenvalue weighted by molar-refractivity contribution is -0.134. The molecule has 17 heavy (non-hydrogen) atoms. The molecule has 0 aromatic rings. The summed E-state index contributed by atoms with van der Waals surface area (Å²) in [4.78, 5) is 13.3. The predicted molar refractivity (Wildman–Crippen MR) is 62.0 cm³/mol. The molecule has 1 aliphatic heterocycles. The lowest BCUT2D eigenvalue weighted by atomic mass is 10.2. The normalized spacial score (nSPS) is 20.4. The lowest BCUT2D eigenvalue weighted by Gasteiger charge is -2.37. The van der Waals surface area contributed by atoms with Crippen LogP contribution in [0.25, 0.3) is 0 Å². The molecule has 0 aromatic carbocycles. The molecule has 3 nitrogen and oxygen atoms in total. The molecule has 0 aliphatic carbocycles. The monoisotopic (exact) mass is 270 g/mol. The zero-order valence-corrected chi connectivity index (χ0v) is 10.7. The van der Waals surface area contributed by atoms with Crippen LogP contribution in [0.4, 0.5) is 13.2 Å². The summed E-state index contributed by atoms with van der Waals surface area (Å²) < 4.78 is 35.6. The average Bonchev–Trinajstić information content (AvgIpc) is 2.13. The van der Waals surface area contributed by atoms with Crippen molar-refractivity contribution in [2.24, 2.45) is 0 Å². The van der Waals surface area contributed by atoms with Crippen LogP contribution in [0.2, 0.25) is 0 Å². The summed E-state index contributed by atoms with van der Waals surface area (Å²) in [5.74, 6) is 0.570. The minimum atomic E-state index is -4.27. The second kappa shape index (κ2) is 5.48. The highest BCUT2D eigenvalue weighted by atomic mass is 32.2. The third-order valence-corrected chi connectivity index (χ3v) is 3.68. The Morgan fingerprint density at radius 3 is 2.65 bits per heavy atom. The van der Waals surface area contributed by atoms with Crippen molar-refractivity contribution in [1.29, 1.82) is 0 Å². The van der Waals surface area contributed by atoms with Gasteiger partial charge in [0.05, 0.1) is 13.1 Å². The Kier molecular flexibility index (Phi) is 4.71. The number of carbonyl (C=O) groups is 1. The molecule has 0 unspecified atom stereocenters. The van der Waals surface area contributed by atoms with Gasteiger partial charge in [0.1, 0.15) is 0 Å². The number of rotatable bonds is 3. The molecule has 0 aromatic heterocycles. The van der Waals surface area contributed by atoms with Crippen LogP contribution >= 0.6 is 11.8 Å². The van der Waals surface area contributed by atoms with Crippen LogP contribution in [0, 0.1) is 0 Å². The molecular weight excluding hydrogens is 253 g/mol. The number of hydrogen-bond acceptors (Lipinski definition) is 3. The number of halogens is 3. The molecule has 1 heterocycles. The SMILES string of the molecule is CC1(C)CN(C(=O)CNCC(F)(F)F)CCS1. The number of thioether (sulfide) groups is 1. The zero-order chi connectivity index (χ0) is 13.1. The fraction of sp³-hybridized carbons (Fsp3) is 0.900. The van der Waals surface area contributed by atoms with Crippen LogP contribution in [0.3, 0.4) is 0 Å². The van der Waals surface area contributed by atoms with Crippen molar-refractivity contribution >= 4 is 17.7 Å². The van der Waals surface area contributed by atoms with Gasteiger partial charge < -0.3 is 10.2 Å². The number of nitrogens with one attached hydrogen (secondary N) is 1. The summed E-state index contributed by atoms with van der Waals surface area (Å²) in [6.07, 6.45) is -4.27. The summed E-state index contributed by atoms with van der Waals surface area (Å²) in [6.45, 7) is 3.89. The van der Waals surface area contributed by atoms with E-state index in [-0.39, 0.29) is 17.2 Å². The van der Waals surface area contributed by atoms with Crippen molar-refractivity contribution in [3.63, 3.8) is 0 Å². The first-order valence-corrected chi connectivity index (χ1v) is 6.37. The van der Waals surface area contributed by atoms with Gasteiger partial charge in [-0.3, -0.25) is 4.79 Å². The maximum absolute atomic E-state index is 11.9. The van der Waals surface area contributed by atoms with E-state index in [1.807, 2.05) is 13.8 Å². The summed E-state index contributed by atoms with van der Waals surface area (Å²) in [6, 6.07) is 0. The molecule has 100 valence electrons. The molecule has 1 saturated heterocycles. The highest BCUT2D eigenvalue weighted by Gasteiger charge is 2.30. The van der Waals surface area contributed by atoms with Crippen LogP contribution in [-0.4, -0.2) is 53.7 Å². The lowest BCUT2D eigenvalue weighted by Crippen LogP contribution is -2.49. The Labute approximate surface area is 103 Å². The van der Waals surface area contributed by atoms with E-state index in [1.165, 1.54) is 0 Å². The van der Waals surface area contributed by atoms with E-state index in [4.69, 9.17) is 0 Å². The summed E-state index contributed by atoms with van der Waals surface area (Å²) in [5.41, 5.74) is 0. The summed E-state index contributed by atoms with van der Waals surface area (Å²) in [5, 5.41) is 2.13. The van der Waals surface area contributed by atoms with Crippen LogP contribution in [-0.2, 0) is 4.79 Å². The van der Waals surface area contributed by atoms with E-state index in [0.29, 0.717) is 13.1 Å². The molecular formula is C10H17F3N2OS. The maximum Gasteiger partial charge on any atom is 0.401 e. The molecule has 7 heteroatoms. The Morgan fingerprint density at radius 2 is 2.12 bits per heavy atom. The van der Waals surface area contributed by atoms with Crippen LogP contribution in [0.15, 0.2) is 0 Å². The molecule has 0 radical (unpaired) electrons. The van der Waals surface area contributed by atoms with Gasteiger partial charge in [0, 0.05) is 23.6 Å². The Morgan fingerprint density at radius 1 is 1.47 bits per heavy atom. The molecule has 0 atom stereocenters. The van der Waals surface area contributed by atoms with Crippen LogP contribution in [0.5, 0.6) is 0 Å². The van der Waals surface area contributed by atoms with Crippen molar-refractivity contribution in [3.05, 3.63) is 0 Å². The Bertz CT molecular complexity index is 281. The van der Waals surface area contributed by atoms with Crippen molar-refractivity contribution in [2.75, 3.05) is 31.9 Å². The molecule has 1 amide bonds. The molecule has 1 N–H and O–H groups in total. The summed E-state index contributed by atoms with van der Waals surface area (Å²) >= 11 is 1.78. The van der Waals surface area contributed by atoms with E-state index in [0.717, 1.165) is 5.75 Å². The van der Waals surface area contributed by atoms with Gasteiger partial charge in [0.2, 0.25) is 5.91 Å². The topological polar surface area (TPSA) is 32.3 Å². The smallest absolute Gasteiger partial charge is 0.339 e. The number of alkyl halides is 3. The van der Waals surface area contributed by atoms with Crippen LogP contribution < -0.4 is 5.32 Å². The highest BCUT2D eigenvalue weighted by Crippen LogP contribution is 2.29. The van der Waals surface area contributed by atoms with Gasteiger partial charge >= 0.3 is 6.18 Å². The van der Waals surface area contributed by atoms with Gasteiger partial charge in [-0.05, 0) is 13.8 Å². The van der Waals surface area contributed by atoms with E-state index in [9.17, 15) is 18.0 Å². The Hall–Kier alpha value is -0.430. The largest absolute Gasteiger partial charge is 0.401 e. The molecule has 0 bridgehead atoms. The fourth-order valence-electron chi connectivity index (χ4n) is 1.65. The van der Waals surface area contributed by atoms with Gasteiger partial charge in [0.25, 0.3) is 0 Å². The van der Waals surface area contributed by atoms with Gasteiger partial charge in [-0.2, -0.15) is 24.9 Å². The first-order valence-electron chi connectivity index (χ1n) is 5.39. The number of nitrogens with zero attached hydrogens (tertiary/aromatic N) is 1. The molecule has 1 fully saturated rings. The minimum Gasteiger partial charge on any atom is -0.339 e. The highest BCUT2D eigenvalue weighted by molar-refractivity contribution is 8.00.